The fraction of sp³-hybridized carbons (Fsp3) is 0.571. The van der Waals surface area contributed by atoms with Gasteiger partial charge in [-0.2, -0.15) is 0 Å². The van der Waals surface area contributed by atoms with Crippen molar-refractivity contribution in [2.45, 2.75) is 128 Å². The fourth-order valence-electron chi connectivity index (χ4n) is 5.14. The van der Waals surface area contributed by atoms with E-state index in [0.29, 0.717) is 12.0 Å². The average molecular weight is 565 g/mol. The van der Waals surface area contributed by atoms with Gasteiger partial charge in [0, 0.05) is 12.8 Å². The van der Waals surface area contributed by atoms with E-state index >= 15 is 0 Å². The van der Waals surface area contributed by atoms with E-state index in [1.54, 1.807) is 24.3 Å². The SMILES string of the molecule is CCCCCCCCCCCCCCCCCC(=O)N[C@@H](C(=O)N[C@H](Cc1ccccc1)C(=O)O)c1ccccc1. The Balaban J connectivity index is 1.68. The first-order valence-corrected chi connectivity index (χ1v) is 15.9. The van der Waals surface area contributed by atoms with Crippen LogP contribution in [-0.2, 0) is 20.8 Å². The highest BCUT2D eigenvalue weighted by Gasteiger charge is 2.27. The second kappa shape index (κ2) is 21.6. The Morgan fingerprint density at radius 2 is 1.10 bits per heavy atom. The van der Waals surface area contributed by atoms with Crippen LogP contribution < -0.4 is 10.6 Å². The number of benzene rings is 2. The maximum Gasteiger partial charge on any atom is 0.326 e. The predicted molar refractivity (Wildman–Crippen MR) is 167 cm³/mol. The van der Waals surface area contributed by atoms with Crippen molar-refractivity contribution in [3.05, 3.63) is 71.8 Å². The zero-order valence-corrected chi connectivity index (χ0v) is 25.1. The number of carbonyl (C=O) groups excluding carboxylic acids is 2. The number of nitrogens with one attached hydrogen (secondary N) is 2. The van der Waals surface area contributed by atoms with E-state index in [1.807, 2.05) is 36.4 Å². The first-order chi connectivity index (χ1) is 20.0. The van der Waals surface area contributed by atoms with Crippen LogP contribution in [0.4, 0.5) is 0 Å². The number of aliphatic carboxylic acids is 1. The third kappa shape index (κ3) is 15.4. The quantitative estimate of drug-likeness (QED) is 0.119. The largest absolute Gasteiger partial charge is 0.480 e. The molecule has 2 aromatic carbocycles. The van der Waals surface area contributed by atoms with Crippen molar-refractivity contribution < 1.29 is 19.5 Å². The van der Waals surface area contributed by atoms with Gasteiger partial charge in [0.15, 0.2) is 0 Å². The first kappa shape index (κ1) is 34.1. The summed E-state index contributed by atoms with van der Waals surface area (Å²) in [4.78, 5) is 37.9. The highest BCUT2D eigenvalue weighted by Crippen LogP contribution is 2.16. The van der Waals surface area contributed by atoms with Crippen LogP contribution in [0.1, 0.15) is 127 Å². The Morgan fingerprint density at radius 3 is 1.59 bits per heavy atom. The van der Waals surface area contributed by atoms with E-state index in [1.165, 1.54) is 77.0 Å². The van der Waals surface area contributed by atoms with Gasteiger partial charge < -0.3 is 15.7 Å². The minimum Gasteiger partial charge on any atom is -0.480 e. The smallest absolute Gasteiger partial charge is 0.326 e. The van der Waals surface area contributed by atoms with Crippen LogP contribution in [-0.4, -0.2) is 28.9 Å². The summed E-state index contributed by atoms with van der Waals surface area (Å²) in [5, 5.41) is 15.2. The molecule has 0 bridgehead atoms. The number of carbonyl (C=O) groups is 3. The Bertz CT molecular complexity index is 980. The summed E-state index contributed by atoms with van der Waals surface area (Å²) >= 11 is 0. The lowest BCUT2D eigenvalue weighted by Crippen LogP contribution is -2.48. The normalized spacial score (nSPS) is 12.4. The van der Waals surface area contributed by atoms with Crippen molar-refractivity contribution in [1.29, 1.82) is 0 Å². The molecular weight excluding hydrogens is 512 g/mol. The van der Waals surface area contributed by atoms with E-state index in [9.17, 15) is 19.5 Å². The molecule has 2 rings (SSSR count). The van der Waals surface area contributed by atoms with E-state index in [-0.39, 0.29) is 12.3 Å². The Hall–Kier alpha value is -3.15. The number of carboxylic acids is 1. The highest BCUT2D eigenvalue weighted by molar-refractivity contribution is 5.91. The third-order valence-corrected chi connectivity index (χ3v) is 7.61. The molecule has 0 saturated heterocycles. The Labute approximate surface area is 247 Å². The number of unbranched alkanes of at least 4 members (excludes halogenated alkanes) is 14. The van der Waals surface area contributed by atoms with E-state index < -0.39 is 24.0 Å². The number of hydrogen-bond acceptors (Lipinski definition) is 3. The van der Waals surface area contributed by atoms with Crippen LogP contribution in [0.5, 0.6) is 0 Å². The Morgan fingerprint density at radius 1 is 0.634 bits per heavy atom. The van der Waals surface area contributed by atoms with Crippen molar-refractivity contribution >= 4 is 17.8 Å². The zero-order chi connectivity index (χ0) is 29.5. The van der Waals surface area contributed by atoms with Crippen LogP contribution in [0, 0.1) is 0 Å². The Kier molecular flexibility index (Phi) is 17.9. The maximum absolute atomic E-state index is 13.2. The van der Waals surface area contributed by atoms with E-state index in [4.69, 9.17) is 0 Å². The molecule has 0 unspecified atom stereocenters. The minimum atomic E-state index is -1.11. The van der Waals surface area contributed by atoms with Gasteiger partial charge in [-0.15, -0.1) is 0 Å². The summed E-state index contributed by atoms with van der Waals surface area (Å²) in [7, 11) is 0. The van der Waals surface area contributed by atoms with Crippen molar-refractivity contribution in [2.24, 2.45) is 0 Å². The second-order valence-electron chi connectivity index (χ2n) is 11.2. The molecule has 0 aliphatic heterocycles. The maximum atomic E-state index is 13.2. The van der Waals surface area contributed by atoms with Crippen LogP contribution in [0.25, 0.3) is 0 Å². The second-order valence-corrected chi connectivity index (χ2v) is 11.2. The number of amides is 2. The van der Waals surface area contributed by atoms with Gasteiger partial charge in [0.25, 0.3) is 0 Å². The number of carboxylic acid groups (broad SMARTS) is 1. The molecule has 0 heterocycles. The molecule has 41 heavy (non-hydrogen) atoms. The lowest BCUT2D eigenvalue weighted by atomic mass is 10.0. The molecule has 0 fully saturated rings. The summed E-state index contributed by atoms with van der Waals surface area (Å²) in [5.41, 5.74) is 1.44. The molecule has 2 amide bonds. The van der Waals surface area contributed by atoms with E-state index in [2.05, 4.69) is 17.6 Å². The minimum absolute atomic E-state index is 0.163. The van der Waals surface area contributed by atoms with Gasteiger partial charge in [-0.3, -0.25) is 9.59 Å². The molecule has 2 atom stereocenters. The molecule has 6 heteroatoms. The molecule has 0 radical (unpaired) electrons. The summed E-state index contributed by atoms with van der Waals surface area (Å²) < 4.78 is 0. The lowest BCUT2D eigenvalue weighted by Gasteiger charge is -2.22. The van der Waals surface area contributed by atoms with Crippen molar-refractivity contribution in [2.75, 3.05) is 0 Å². The predicted octanol–water partition coefficient (Wildman–Crippen LogP) is 7.92. The molecule has 2 aromatic rings. The van der Waals surface area contributed by atoms with Gasteiger partial charge in [0.2, 0.25) is 11.8 Å². The highest BCUT2D eigenvalue weighted by atomic mass is 16.4. The lowest BCUT2D eigenvalue weighted by molar-refractivity contribution is -0.142. The van der Waals surface area contributed by atoms with Crippen LogP contribution in [0.3, 0.4) is 0 Å². The summed E-state index contributed by atoms with van der Waals surface area (Å²) in [6.07, 6.45) is 19.4. The van der Waals surface area contributed by atoms with Crippen LogP contribution in [0.15, 0.2) is 60.7 Å². The van der Waals surface area contributed by atoms with Crippen molar-refractivity contribution in [3.8, 4) is 0 Å². The molecule has 0 aliphatic rings. The molecular formula is C35H52N2O4. The summed E-state index contributed by atoms with van der Waals surface area (Å²) in [5.74, 6) is -1.83. The van der Waals surface area contributed by atoms with E-state index in [0.717, 1.165) is 24.8 Å². The first-order valence-electron chi connectivity index (χ1n) is 15.9. The molecule has 226 valence electrons. The fourth-order valence-corrected chi connectivity index (χ4v) is 5.14. The zero-order valence-electron chi connectivity index (χ0n) is 25.1. The van der Waals surface area contributed by atoms with Crippen LogP contribution >= 0.6 is 0 Å². The standard InChI is InChI=1S/C35H52N2O4/c1-2-3-4-5-6-7-8-9-10-11-12-13-14-15-22-27-32(38)37-33(30-25-20-17-21-26-30)34(39)36-31(35(40)41)28-29-23-18-16-19-24-29/h16-21,23-26,31,33H,2-15,22,27-28H2,1H3,(H,36,39)(H,37,38)(H,40,41)/t31-,33-/m1/s1. The molecule has 0 aliphatic carbocycles. The molecule has 0 aromatic heterocycles. The number of rotatable bonds is 23. The van der Waals surface area contributed by atoms with Crippen molar-refractivity contribution in [3.63, 3.8) is 0 Å². The molecule has 6 nitrogen and oxygen atoms in total. The number of hydrogen-bond donors (Lipinski definition) is 3. The summed E-state index contributed by atoms with van der Waals surface area (Å²) in [6.45, 7) is 2.26. The van der Waals surface area contributed by atoms with Gasteiger partial charge in [-0.1, -0.05) is 157 Å². The van der Waals surface area contributed by atoms with Gasteiger partial charge in [-0.05, 0) is 17.5 Å². The average Bonchev–Trinajstić information content (AvgIpc) is 2.98. The molecule has 3 N–H and O–H groups in total. The monoisotopic (exact) mass is 564 g/mol. The van der Waals surface area contributed by atoms with Crippen LogP contribution in [0.2, 0.25) is 0 Å². The molecule has 0 saturated carbocycles. The van der Waals surface area contributed by atoms with Gasteiger partial charge in [0.1, 0.15) is 12.1 Å². The van der Waals surface area contributed by atoms with Crippen molar-refractivity contribution in [1.82, 2.24) is 10.6 Å². The molecule has 0 spiro atoms. The topological polar surface area (TPSA) is 95.5 Å². The summed E-state index contributed by atoms with van der Waals surface area (Å²) in [6, 6.07) is 16.1. The van der Waals surface area contributed by atoms with Gasteiger partial charge >= 0.3 is 5.97 Å². The van der Waals surface area contributed by atoms with Gasteiger partial charge in [-0.25, -0.2) is 4.79 Å². The third-order valence-electron chi connectivity index (χ3n) is 7.61. The van der Waals surface area contributed by atoms with Gasteiger partial charge in [0.05, 0.1) is 0 Å².